The molecule has 1 rings (SSSR count). The molecule has 1 amide bonds. The number of nitrogens with two attached hydrogens (primary N) is 1. The summed E-state index contributed by atoms with van der Waals surface area (Å²) >= 11 is 0. The highest BCUT2D eigenvalue weighted by Crippen LogP contribution is 2.20. The average molecular weight is 230 g/mol. The minimum absolute atomic E-state index is 0.0275. The van der Waals surface area contributed by atoms with Crippen molar-refractivity contribution in [3.8, 4) is 0 Å². The molecule has 0 aromatic heterocycles. The second-order valence-corrected chi connectivity index (χ2v) is 4.61. The van der Waals surface area contributed by atoms with E-state index in [-0.39, 0.29) is 18.6 Å². The summed E-state index contributed by atoms with van der Waals surface area (Å²) in [7, 11) is 0. The lowest BCUT2D eigenvalue weighted by atomic mass is 9.90. The molecule has 5 heteroatoms. The van der Waals surface area contributed by atoms with Crippen LogP contribution < -0.4 is 11.1 Å². The van der Waals surface area contributed by atoms with E-state index in [1.165, 1.54) is 0 Å². The molecule has 1 saturated heterocycles. The molecule has 4 N–H and O–H groups in total. The van der Waals surface area contributed by atoms with Crippen LogP contribution in [0, 0.1) is 0 Å². The van der Waals surface area contributed by atoms with Crippen LogP contribution in [-0.2, 0) is 9.53 Å². The molecule has 1 unspecified atom stereocenters. The number of aliphatic hydroxyl groups is 1. The largest absolute Gasteiger partial charge is 0.394 e. The number of rotatable bonds is 5. The molecule has 0 aromatic carbocycles. The lowest BCUT2D eigenvalue weighted by molar-refractivity contribution is -0.125. The van der Waals surface area contributed by atoms with Gasteiger partial charge in [0.2, 0.25) is 5.91 Å². The van der Waals surface area contributed by atoms with Gasteiger partial charge in [-0.15, -0.1) is 0 Å². The minimum atomic E-state index is -0.479. The Balaban J connectivity index is 2.39. The van der Waals surface area contributed by atoms with Gasteiger partial charge in [0.15, 0.2) is 0 Å². The first-order valence-electron chi connectivity index (χ1n) is 5.83. The Labute approximate surface area is 96.3 Å². The van der Waals surface area contributed by atoms with Crippen LogP contribution >= 0.6 is 0 Å². The van der Waals surface area contributed by atoms with Crippen LogP contribution in [0.2, 0.25) is 0 Å². The van der Waals surface area contributed by atoms with E-state index in [0.29, 0.717) is 38.9 Å². The second-order valence-electron chi connectivity index (χ2n) is 4.61. The molecule has 0 aromatic rings. The van der Waals surface area contributed by atoms with Gasteiger partial charge in [-0.25, -0.2) is 0 Å². The highest BCUT2D eigenvalue weighted by atomic mass is 16.5. The zero-order valence-electron chi connectivity index (χ0n) is 9.87. The first kappa shape index (κ1) is 13.4. The van der Waals surface area contributed by atoms with Crippen molar-refractivity contribution in [2.45, 2.75) is 44.2 Å². The summed E-state index contributed by atoms with van der Waals surface area (Å²) in [5, 5.41) is 12.3. The van der Waals surface area contributed by atoms with Crippen molar-refractivity contribution in [1.82, 2.24) is 5.32 Å². The van der Waals surface area contributed by atoms with Gasteiger partial charge in [-0.1, -0.05) is 0 Å². The number of amides is 1. The fourth-order valence-corrected chi connectivity index (χ4v) is 1.80. The molecule has 1 aliphatic heterocycles. The molecular weight excluding hydrogens is 208 g/mol. The number of aliphatic hydroxyl groups excluding tert-OH is 1. The lowest BCUT2D eigenvalue weighted by Gasteiger charge is -2.36. The Kier molecular flexibility index (Phi) is 5.18. The standard InChI is InChI=1S/C11H22N2O3/c1-9(12)2-3-10(15)13-11(8-14)4-6-16-7-5-11/h9,14H,2-8,12H2,1H3,(H,13,15). The summed E-state index contributed by atoms with van der Waals surface area (Å²) < 4.78 is 5.22. The van der Waals surface area contributed by atoms with Gasteiger partial charge in [0.25, 0.3) is 0 Å². The van der Waals surface area contributed by atoms with Gasteiger partial charge >= 0.3 is 0 Å². The van der Waals surface area contributed by atoms with Gasteiger partial charge in [-0.2, -0.15) is 0 Å². The second kappa shape index (κ2) is 6.18. The van der Waals surface area contributed by atoms with E-state index in [4.69, 9.17) is 10.5 Å². The van der Waals surface area contributed by atoms with Crippen molar-refractivity contribution < 1.29 is 14.6 Å². The quantitative estimate of drug-likeness (QED) is 0.609. The zero-order valence-corrected chi connectivity index (χ0v) is 9.87. The Morgan fingerprint density at radius 2 is 2.19 bits per heavy atom. The Hall–Kier alpha value is -0.650. The van der Waals surface area contributed by atoms with Crippen molar-refractivity contribution in [3.05, 3.63) is 0 Å². The predicted octanol–water partition coefficient (Wildman–Crippen LogP) is -0.228. The monoisotopic (exact) mass is 230 g/mol. The molecule has 5 nitrogen and oxygen atoms in total. The van der Waals surface area contributed by atoms with E-state index in [0.717, 1.165) is 0 Å². The molecule has 94 valence electrons. The highest BCUT2D eigenvalue weighted by Gasteiger charge is 2.33. The van der Waals surface area contributed by atoms with Crippen LogP contribution in [0.5, 0.6) is 0 Å². The number of hydrogen-bond donors (Lipinski definition) is 3. The molecule has 1 atom stereocenters. The van der Waals surface area contributed by atoms with Gasteiger partial charge < -0.3 is 20.9 Å². The smallest absolute Gasteiger partial charge is 0.220 e. The van der Waals surface area contributed by atoms with Gasteiger partial charge in [-0.05, 0) is 26.2 Å². The number of carbonyl (C=O) groups is 1. The van der Waals surface area contributed by atoms with Crippen LogP contribution in [0.4, 0.5) is 0 Å². The molecule has 1 aliphatic rings. The summed E-state index contributed by atoms with van der Waals surface area (Å²) in [5.74, 6) is -0.0340. The average Bonchev–Trinajstić information content (AvgIpc) is 2.28. The molecule has 0 saturated carbocycles. The highest BCUT2D eigenvalue weighted by molar-refractivity contribution is 5.76. The van der Waals surface area contributed by atoms with E-state index >= 15 is 0 Å². The summed E-state index contributed by atoms with van der Waals surface area (Å²) in [6, 6.07) is 0.0329. The molecule has 1 fully saturated rings. The maximum absolute atomic E-state index is 11.7. The first-order valence-corrected chi connectivity index (χ1v) is 5.83. The maximum Gasteiger partial charge on any atom is 0.220 e. The number of hydrogen-bond acceptors (Lipinski definition) is 4. The van der Waals surface area contributed by atoms with Crippen LogP contribution in [-0.4, -0.2) is 42.4 Å². The fourth-order valence-electron chi connectivity index (χ4n) is 1.80. The summed E-state index contributed by atoms with van der Waals surface area (Å²) in [6.07, 6.45) is 2.44. The third-order valence-corrected chi connectivity index (χ3v) is 2.98. The van der Waals surface area contributed by atoms with Crippen molar-refractivity contribution in [2.24, 2.45) is 5.73 Å². The van der Waals surface area contributed by atoms with E-state index in [1.54, 1.807) is 0 Å². The molecule has 0 aliphatic carbocycles. The van der Waals surface area contributed by atoms with Crippen molar-refractivity contribution in [3.63, 3.8) is 0 Å². The van der Waals surface area contributed by atoms with Crippen LogP contribution in [0.3, 0.4) is 0 Å². The molecular formula is C11H22N2O3. The lowest BCUT2D eigenvalue weighted by Crippen LogP contribution is -2.54. The van der Waals surface area contributed by atoms with E-state index in [2.05, 4.69) is 5.32 Å². The summed E-state index contributed by atoms with van der Waals surface area (Å²) in [5.41, 5.74) is 5.11. The maximum atomic E-state index is 11.7. The van der Waals surface area contributed by atoms with Crippen LogP contribution in [0.15, 0.2) is 0 Å². The van der Waals surface area contributed by atoms with Crippen molar-refractivity contribution in [2.75, 3.05) is 19.8 Å². The van der Waals surface area contributed by atoms with Gasteiger partial charge in [-0.3, -0.25) is 4.79 Å². The molecule has 0 spiro atoms. The van der Waals surface area contributed by atoms with Gasteiger partial charge in [0.1, 0.15) is 0 Å². The Morgan fingerprint density at radius 3 is 2.69 bits per heavy atom. The van der Waals surface area contributed by atoms with Crippen molar-refractivity contribution >= 4 is 5.91 Å². The third-order valence-electron chi connectivity index (χ3n) is 2.98. The Bertz CT molecular complexity index is 225. The normalized spacial score (nSPS) is 21.4. The molecule has 1 heterocycles. The topological polar surface area (TPSA) is 84.6 Å². The molecule has 0 radical (unpaired) electrons. The number of nitrogens with one attached hydrogen (secondary N) is 1. The molecule has 16 heavy (non-hydrogen) atoms. The Morgan fingerprint density at radius 1 is 1.56 bits per heavy atom. The van der Waals surface area contributed by atoms with Crippen molar-refractivity contribution in [1.29, 1.82) is 0 Å². The molecule has 0 bridgehead atoms. The van der Waals surface area contributed by atoms with Crippen LogP contribution in [0.1, 0.15) is 32.6 Å². The number of carbonyl (C=O) groups excluding carboxylic acids is 1. The predicted molar refractivity (Wildman–Crippen MR) is 60.9 cm³/mol. The van der Waals surface area contributed by atoms with Crippen LogP contribution in [0.25, 0.3) is 0 Å². The van der Waals surface area contributed by atoms with E-state index in [9.17, 15) is 9.90 Å². The third kappa shape index (κ3) is 4.08. The fraction of sp³-hybridized carbons (Fsp3) is 0.909. The van der Waals surface area contributed by atoms with Gasteiger partial charge in [0, 0.05) is 25.7 Å². The summed E-state index contributed by atoms with van der Waals surface area (Å²) in [6.45, 7) is 3.03. The van der Waals surface area contributed by atoms with Gasteiger partial charge in [0.05, 0.1) is 12.1 Å². The SMILES string of the molecule is CC(N)CCC(=O)NC1(CO)CCOCC1. The number of ether oxygens (including phenoxy) is 1. The minimum Gasteiger partial charge on any atom is -0.394 e. The van der Waals surface area contributed by atoms with E-state index < -0.39 is 5.54 Å². The zero-order chi connectivity index (χ0) is 12.0. The van der Waals surface area contributed by atoms with E-state index in [1.807, 2.05) is 6.92 Å². The summed E-state index contributed by atoms with van der Waals surface area (Å²) in [4.78, 5) is 11.7. The first-order chi connectivity index (χ1) is 7.58.